The van der Waals surface area contributed by atoms with Crippen LogP contribution in [0.3, 0.4) is 0 Å². The van der Waals surface area contributed by atoms with Crippen LogP contribution < -0.4 is 16.0 Å². The van der Waals surface area contributed by atoms with Crippen molar-refractivity contribution in [2.45, 2.75) is 97.0 Å². The molecular weight excluding hydrogens is 747 g/mol. The van der Waals surface area contributed by atoms with Gasteiger partial charge in [0.05, 0.1) is 40.8 Å². The second-order valence-corrected chi connectivity index (χ2v) is 16.3. The lowest BCUT2D eigenvalue weighted by Gasteiger charge is -2.30. The second kappa shape index (κ2) is 24.3. The molecule has 1 aliphatic rings. The first kappa shape index (κ1) is 44.3. The highest BCUT2D eigenvalue weighted by Crippen LogP contribution is 2.20. The minimum absolute atomic E-state index is 0.0184. The lowest BCUT2D eigenvalue weighted by atomic mass is 10.0. The van der Waals surface area contributed by atoms with Crippen LogP contribution in [0.25, 0.3) is 0 Å². The van der Waals surface area contributed by atoms with Crippen LogP contribution in [0.5, 0.6) is 0 Å². The van der Waals surface area contributed by atoms with E-state index in [0.29, 0.717) is 32.1 Å². The van der Waals surface area contributed by atoms with E-state index in [1.165, 1.54) is 22.5 Å². The zero-order valence-corrected chi connectivity index (χ0v) is 35.1. The number of hydrogen-bond donors (Lipinski definition) is 3. The normalized spacial score (nSPS) is 14.5. The first-order valence-electron chi connectivity index (χ1n) is 19.5. The predicted octanol–water partition coefficient (Wildman–Crippen LogP) is 7.03. The SMILES string of the molecule is CC(Cc1ccccc1)NC(=O)OCc1cncs1.CCCC(Cc1ccccc1)NC(=O)C(CCN1CCOCC1)NC(=O)N(C)Cc1csc(C(C)C)n1. The topological polar surface area (TPSA) is 138 Å². The van der Waals surface area contributed by atoms with Gasteiger partial charge in [0.15, 0.2) is 0 Å². The van der Waals surface area contributed by atoms with Crippen molar-refractivity contribution in [1.29, 1.82) is 0 Å². The fourth-order valence-corrected chi connectivity index (χ4v) is 7.46. The average Bonchev–Trinajstić information content (AvgIpc) is 3.90. The van der Waals surface area contributed by atoms with Crippen LogP contribution in [-0.4, -0.2) is 95.8 Å². The number of rotatable bonds is 18. The maximum atomic E-state index is 13.5. The second-order valence-electron chi connectivity index (χ2n) is 14.4. The number of ether oxygens (including phenoxy) is 2. The lowest BCUT2D eigenvalue weighted by Crippen LogP contribution is -2.53. The van der Waals surface area contributed by atoms with Gasteiger partial charge in [0.2, 0.25) is 5.91 Å². The van der Waals surface area contributed by atoms with Crippen molar-refractivity contribution in [3.8, 4) is 0 Å². The number of hydrogen-bond acceptors (Lipinski definition) is 10. The van der Waals surface area contributed by atoms with Crippen LogP contribution in [0, 0.1) is 0 Å². The van der Waals surface area contributed by atoms with Crippen molar-refractivity contribution in [2.75, 3.05) is 39.9 Å². The molecule has 1 saturated heterocycles. The van der Waals surface area contributed by atoms with Crippen molar-refractivity contribution >= 4 is 40.7 Å². The summed E-state index contributed by atoms with van der Waals surface area (Å²) in [4.78, 5) is 51.6. The van der Waals surface area contributed by atoms with E-state index < -0.39 is 12.1 Å². The van der Waals surface area contributed by atoms with E-state index in [-0.39, 0.29) is 30.6 Å². The molecule has 14 heteroatoms. The number of morpholine rings is 1. The Morgan fingerprint density at radius 3 is 2.20 bits per heavy atom. The highest BCUT2D eigenvalue weighted by molar-refractivity contribution is 7.09. The molecule has 1 aliphatic heterocycles. The molecule has 3 atom stereocenters. The Hall–Kier alpha value is -4.37. The largest absolute Gasteiger partial charge is 0.444 e. The molecule has 12 nitrogen and oxygen atoms in total. The van der Waals surface area contributed by atoms with Crippen LogP contribution in [0.1, 0.15) is 79.6 Å². The van der Waals surface area contributed by atoms with E-state index in [9.17, 15) is 14.4 Å². The van der Waals surface area contributed by atoms with E-state index in [0.717, 1.165) is 60.9 Å². The third kappa shape index (κ3) is 16.4. The third-order valence-corrected chi connectivity index (χ3v) is 11.1. The van der Waals surface area contributed by atoms with Gasteiger partial charge < -0.3 is 30.3 Å². The first-order chi connectivity index (χ1) is 27.1. The number of carbonyl (C=O) groups excluding carboxylic acids is 3. The molecule has 4 amide bonds. The number of nitrogens with one attached hydrogen (secondary N) is 3. The minimum Gasteiger partial charge on any atom is -0.444 e. The molecule has 5 rings (SSSR count). The van der Waals surface area contributed by atoms with Gasteiger partial charge in [-0.1, -0.05) is 87.9 Å². The number of urea groups is 1. The molecule has 4 aromatic rings. The number of thiazole rings is 2. The molecule has 3 unspecified atom stereocenters. The van der Waals surface area contributed by atoms with Crippen LogP contribution in [0.15, 0.2) is 77.8 Å². The quantitative estimate of drug-likeness (QED) is 0.0976. The van der Waals surface area contributed by atoms with Crippen LogP contribution in [0.2, 0.25) is 0 Å². The lowest BCUT2D eigenvalue weighted by molar-refractivity contribution is -0.124. The fraction of sp³-hybridized carbons (Fsp3) is 0.500. The summed E-state index contributed by atoms with van der Waals surface area (Å²) in [5.74, 6) is 0.234. The van der Waals surface area contributed by atoms with Crippen molar-refractivity contribution < 1.29 is 23.9 Å². The van der Waals surface area contributed by atoms with Gasteiger partial charge in [-0.2, -0.15) is 0 Å². The smallest absolute Gasteiger partial charge is 0.407 e. The molecule has 304 valence electrons. The zero-order valence-electron chi connectivity index (χ0n) is 33.4. The Kier molecular flexibility index (Phi) is 19.2. The van der Waals surface area contributed by atoms with E-state index >= 15 is 0 Å². The standard InChI is InChI=1S/C28H43N5O3S.C14H16N2O2S/c1-5-9-23(18-22-10-7-6-8-11-22)29-26(34)25(12-13-33-14-16-36-17-15-33)31-28(35)32(4)19-24-20-37-27(30-24)21(2)3;1-11(7-12-5-3-2-4-6-12)16-14(17)18-9-13-8-15-10-19-13/h6-8,10-11,20-21,23,25H,5,9,12-19H2,1-4H3,(H,29,34)(H,31,35);2-6,8,10-11H,7,9H2,1H3,(H,16,17). The summed E-state index contributed by atoms with van der Waals surface area (Å²) in [6.45, 7) is 12.8. The summed E-state index contributed by atoms with van der Waals surface area (Å²) in [6.07, 6.45) is 5.26. The van der Waals surface area contributed by atoms with E-state index in [4.69, 9.17) is 9.47 Å². The van der Waals surface area contributed by atoms with E-state index in [1.54, 1.807) is 35.0 Å². The molecule has 0 bridgehead atoms. The maximum absolute atomic E-state index is 13.5. The van der Waals surface area contributed by atoms with Gasteiger partial charge >= 0.3 is 12.1 Å². The van der Waals surface area contributed by atoms with Gasteiger partial charge in [0.25, 0.3) is 0 Å². The summed E-state index contributed by atoms with van der Waals surface area (Å²) in [5.41, 5.74) is 4.97. The Bertz CT molecular complexity index is 1700. The molecule has 3 heterocycles. The molecule has 0 radical (unpaired) electrons. The van der Waals surface area contributed by atoms with Gasteiger partial charge in [-0.05, 0) is 43.7 Å². The van der Waals surface area contributed by atoms with Crippen LogP contribution >= 0.6 is 22.7 Å². The van der Waals surface area contributed by atoms with E-state index in [2.05, 4.69) is 63.7 Å². The number of aromatic nitrogens is 2. The average molecular weight is 806 g/mol. The van der Waals surface area contributed by atoms with E-state index in [1.807, 2.05) is 60.8 Å². The molecule has 0 aliphatic carbocycles. The summed E-state index contributed by atoms with van der Waals surface area (Å²) in [6, 6.07) is 19.4. The number of nitrogens with zero attached hydrogens (tertiary/aromatic N) is 4. The van der Waals surface area contributed by atoms with Gasteiger partial charge in [0, 0.05) is 56.3 Å². The molecular formula is C42H59N7O5S2. The highest BCUT2D eigenvalue weighted by Gasteiger charge is 2.26. The summed E-state index contributed by atoms with van der Waals surface area (Å²) in [7, 11) is 1.75. The number of alkyl carbamates (subject to hydrolysis) is 1. The molecule has 2 aromatic heterocycles. The van der Waals surface area contributed by atoms with Crippen molar-refractivity contribution in [3.05, 3.63) is 104 Å². The molecule has 0 spiro atoms. The first-order valence-corrected chi connectivity index (χ1v) is 21.3. The number of amides is 4. The molecule has 3 N–H and O–H groups in total. The van der Waals surface area contributed by atoms with Gasteiger partial charge in [0.1, 0.15) is 12.6 Å². The van der Waals surface area contributed by atoms with Gasteiger partial charge in [-0.3, -0.25) is 14.7 Å². The van der Waals surface area contributed by atoms with Gasteiger partial charge in [-0.15, -0.1) is 22.7 Å². The molecule has 0 saturated carbocycles. The Labute approximate surface area is 340 Å². The Morgan fingerprint density at radius 1 is 0.911 bits per heavy atom. The summed E-state index contributed by atoms with van der Waals surface area (Å²) in [5, 5.41) is 12.1. The van der Waals surface area contributed by atoms with Crippen molar-refractivity contribution in [1.82, 2.24) is 35.7 Å². The monoisotopic (exact) mass is 805 g/mol. The number of carbonyl (C=O) groups is 3. The molecule has 2 aromatic carbocycles. The highest BCUT2D eigenvalue weighted by atomic mass is 32.1. The van der Waals surface area contributed by atoms with Crippen molar-refractivity contribution in [3.63, 3.8) is 0 Å². The van der Waals surface area contributed by atoms with Crippen molar-refractivity contribution in [2.24, 2.45) is 0 Å². The van der Waals surface area contributed by atoms with Gasteiger partial charge in [-0.25, -0.2) is 14.6 Å². The predicted molar refractivity (Wildman–Crippen MR) is 224 cm³/mol. The summed E-state index contributed by atoms with van der Waals surface area (Å²) < 4.78 is 10.6. The summed E-state index contributed by atoms with van der Waals surface area (Å²) >= 11 is 3.09. The third-order valence-electron chi connectivity index (χ3n) is 9.15. The minimum atomic E-state index is -0.616. The zero-order chi connectivity index (χ0) is 40.1. The molecule has 1 fully saturated rings. The fourth-order valence-electron chi connectivity index (χ4n) is 6.13. The Morgan fingerprint density at radius 2 is 1.59 bits per heavy atom. The maximum Gasteiger partial charge on any atom is 0.407 e. The Balaban J connectivity index is 0.000000306. The molecule has 56 heavy (non-hydrogen) atoms. The number of benzene rings is 2. The van der Waals surface area contributed by atoms with Crippen LogP contribution in [-0.2, 0) is 40.3 Å². The van der Waals surface area contributed by atoms with Crippen LogP contribution in [0.4, 0.5) is 9.59 Å².